The molecule has 0 amide bonds. The van der Waals surface area contributed by atoms with Crippen LogP contribution >= 0.6 is 0 Å². The molecule has 3 aromatic heterocycles. The van der Waals surface area contributed by atoms with Gasteiger partial charge in [-0.05, 0) is 51.9 Å². The molecule has 2 fully saturated rings. The molecule has 36 heavy (non-hydrogen) atoms. The molecule has 0 spiro atoms. The van der Waals surface area contributed by atoms with Crippen molar-refractivity contribution < 1.29 is 9.13 Å². The molecule has 2 aliphatic rings. The Bertz CT molecular complexity index is 1410. The van der Waals surface area contributed by atoms with Crippen LogP contribution in [0, 0.1) is 12.9 Å². The predicted molar refractivity (Wildman–Crippen MR) is 136 cm³/mol. The number of morpholine rings is 1. The third kappa shape index (κ3) is 3.88. The Hall–Kier alpha value is -3.57. The number of nitrogens with zero attached hydrogens (tertiary/aromatic N) is 7. The van der Waals surface area contributed by atoms with Crippen molar-refractivity contribution in [2.45, 2.75) is 38.8 Å². The van der Waals surface area contributed by atoms with Gasteiger partial charge in [-0.2, -0.15) is 14.5 Å². The highest BCUT2D eigenvalue weighted by Crippen LogP contribution is 2.33. The first kappa shape index (κ1) is 22.9. The van der Waals surface area contributed by atoms with Crippen molar-refractivity contribution >= 4 is 22.8 Å². The number of piperidine rings is 1. The zero-order chi connectivity index (χ0) is 24.8. The summed E-state index contributed by atoms with van der Waals surface area (Å²) >= 11 is 0. The second-order valence-electron chi connectivity index (χ2n) is 9.50. The largest absolute Gasteiger partial charge is 0.377 e. The molecule has 0 bridgehead atoms. The van der Waals surface area contributed by atoms with Crippen molar-refractivity contribution in [2.75, 3.05) is 43.5 Å². The minimum atomic E-state index is -0.367. The number of ether oxygens (including phenoxy) is 1. The molecule has 3 N–H and O–H groups in total. The van der Waals surface area contributed by atoms with Crippen LogP contribution in [-0.2, 0) is 4.74 Å². The fourth-order valence-electron chi connectivity index (χ4n) is 5.22. The third-order valence-corrected chi connectivity index (χ3v) is 7.09. The predicted octanol–water partition coefficient (Wildman–Crippen LogP) is 2.86. The summed E-state index contributed by atoms with van der Waals surface area (Å²) in [5, 5.41) is 7.93. The summed E-state index contributed by atoms with van der Waals surface area (Å²) in [4.78, 5) is 16.4. The smallest absolute Gasteiger partial charge is 0.239 e. The number of nitrogens with one attached hydrogen (secondary N) is 1. The lowest BCUT2D eigenvalue weighted by molar-refractivity contribution is 0.0985. The number of aromatic nitrogens is 6. The highest BCUT2D eigenvalue weighted by molar-refractivity contribution is 5.80. The van der Waals surface area contributed by atoms with Crippen LogP contribution in [0.2, 0.25) is 0 Å². The molecule has 0 saturated carbocycles. The van der Waals surface area contributed by atoms with Gasteiger partial charge in [0.25, 0.3) is 0 Å². The van der Waals surface area contributed by atoms with E-state index in [1.165, 1.54) is 4.68 Å². The SMILES string of the molecule is Cc1nn(C2CCNCC2)c(F)c1-c1cc(N2CCOC[C@H]2C)nc(-n2c(N)nc3ccccc32)n1. The average molecular weight is 492 g/mol. The van der Waals surface area contributed by atoms with Crippen LogP contribution in [0.15, 0.2) is 30.3 Å². The first-order chi connectivity index (χ1) is 17.5. The Balaban J connectivity index is 1.53. The van der Waals surface area contributed by atoms with Crippen molar-refractivity contribution in [3.05, 3.63) is 42.0 Å². The van der Waals surface area contributed by atoms with Crippen LogP contribution in [0.3, 0.4) is 0 Å². The molecule has 11 heteroatoms. The first-order valence-corrected chi connectivity index (χ1v) is 12.4. The number of hydrogen-bond donors (Lipinski definition) is 2. The Morgan fingerprint density at radius 1 is 1.14 bits per heavy atom. The van der Waals surface area contributed by atoms with Crippen LogP contribution in [-0.4, -0.2) is 68.2 Å². The molecule has 5 heterocycles. The van der Waals surface area contributed by atoms with E-state index in [4.69, 9.17) is 20.4 Å². The summed E-state index contributed by atoms with van der Waals surface area (Å²) in [7, 11) is 0. The van der Waals surface area contributed by atoms with E-state index in [9.17, 15) is 0 Å². The van der Waals surface area contributed by atoms with E-state index in [1.54, 1.807) is 4.57 Å². The lowest BCUT2D eigenvalue weighted by atomic mass is 10.1. The van der Waals surface area contributed by atoms with Crippen molar-refractivity contribution in [3.8, 4) is 17.2 Å². The molecular formula is C25H30FN9O. The minimum absolute atomic E-state index is 0.0204. The monoisotopic (exact) mass is 491 g/mol. The van der Waals surface area contributed by atoms with E-state index in [-0.39, 0.29) is 24.0 Å². The molecule has 2 aliphatic heterocycles. The number of nitrogens with two attached hydrogens (primary N) is 1. The zero-order valence-electron chi connectivity index (χ0n) is 20.5. The molecule has 0 unspecified atom stereocenters. The van der Waals surface area contributed by atoms with Crippen molar-refractivity contribution in [1.82, 2.24) is 34.6 Å². The van der Waals surface area contributed by atoms with E-state index in [0.29, 0.717) is 48.5 Å². The fraction of sp³-hybridized carbons (Fsp3) is 0.440. The van der Waals surface area contributed by atoms with E-state index in [2.05, 4.69) is 27.2 Å². The molecule has 0 radical (unpaired) electrons. The lowest BCUT2D eigenvalue weighted by Gasteiger charge is -2.34. The molecular weight excluding hydrogens is 461 g/mol. The van der Waals surface area contributed by atoms with Crippen LogP contribution < -0.4 is 16.0 Å². The fourth-order valence-corrected chi connectivity index (χ4v) is 5.22. The highest BCUT2D eigenvalue weighted by atomic mass is 19.1. The number of hydrogen-bond acceptors (Lipinski definition) is 8. The summed E-state index contributed by atoms with van der Waals surface area (Å²) < 4.78 is 24.9. The molecule has 10 nitrogen and oxygen atoms in total. The maximum atomic E-state index is 16.0. The van der Waals surface area contributed by atoms with Gasteiger partial charge in [0.05, 0.1) is 53.3 Å². The Morgan fingerprint density at radius 3 is 2.75 bits per heavy atom. The quantitative estimate of drug-likeness (QED) is 0.448. The van der Waals surface area contributed by atoms with Crippen molar-refractivity contribution in [3.63, 3.8) is 0 Å². The number of anilines is 2. The molecule has 4 aromatic rings. The second-order valence-corrected chi connectivity index (χ2v) is 9.50. The van der Waals surface area contributed by atoms with Crippen LogP contribution in [0.25, 0.3) is 28.2 Å². The standard InChI is InChI=1S/C25H30FN9O/c1-15-14-36-12-11-33(15)21-13-19(22-16(2)32-35(23(22)26)17-7-9-28-10-8-17)30-25(31-21)34-20-6-4-3-5-18(20)29-24(34)27/h3-6,13,15,17,28H,7-12,14H2,1-2H3,(H2,27,29)/t15-/m1/s1. The molecule has 0 aliphatic carbocycles. The van der Waals surface area contributed by atoms with Gasteiger partial charge in [-0.25, -0.2) is 19.2 Å². The van der Waals surface area contributed by atoms with E-state index >= 15 is 4.39 Å². The number of aryl methyl sites for hydroxylation is 1. The van der Waals surface area contributed by atoms with Gasteiger partial charge < -0.3 is 20.7 Å². The van der Waals surface area contributed by atoms with Crippen LogP contribution in [0.1, 0.15) is 31.5 Å². The number of fused-ring (bicyclic) bond motifs is 1. The van der Waals surface area contributed by atoms with Gasteiger partial charge in [0.2, 0.25) is 17.8 Å². The van der Waals surface area contributed by atoms with E-state index < -0.39 is 0 Å². The maximum Gasteiger partial charge on any atom is 0.239 e. The minimum Gasteiger partial charge on any atom is -0.377 e. The molecule has 6 rings (SSSR count). The summed E-state index contributed by atoms with van der Waals surface area (Å²) in [5.74, 6) is 0.947. The van der Waals surface area contributed by atoms with Gasteiger partial charge >= 0.3 is 0 Å². The summed E-state index contributed by atoms with van der Waals surface area (Å²) in [6.07, 6.45) is 1.67. The number of benzene rings is 1. The molecule has 2 saturated heterocycles. The zero-order valence-corrected chi connectivity index (χ0v) is 20.5. The summed E-state index contributed by atoms with van der Waals surface area (Å²) in [5.41, 5.74) is 9.32. The summed E-state index contributed by atoms with van der Waals surface area (Å²) in [6, 6.07) is 9.62. The van der Waals surface area contributed by atoms with Gasteiger partial charge in [-0.15, -0.1) is 0 Å². The molecule has 1 atom stereocenters. The average Bonchev–Trinajstić information content (AvgIpc) is 3.39. The lowest BCUT2D eigenvalue weighted by Crippen LogP contribution is -2.44. The Labute approximate surface area is 208 Å². The van der Waals surface area contributed by atoms with Crippen LogP contribution in [0.4, 0.5) is 16.2 Å². The van der Waals surface area contributed by atoms with Crippen LogP contribution in [0.5, 0.6) is 0 Å². The topological polar surface area (TPSA) is 112 Å². The normalized spacial score (nSPS) is 19.3. The number of imidazole rings is 1. The second kappa shape index (κ2) is 9.14. The van der Waals surface area contributed by atoms with Gasteiger partial charge in [-0.3, -0.25) is 0 Å². The highest BCUT2D eigenvalue weighted by Gasteiger charge is 2.28. The summed E-state index contributed by atoms with van der Waals surface area (Å²) in [6.45, 7) is 7.47. The number of para-hydroxylation sites is 2. The number of halogens is 1. The number of nitrogen functional groups attached to an aromatic ring is 1. The van der Waals surface area contributed by atoms with Gasteiger partial charge in [0.1, 0.15) is 5.82 Å². The first-order valence-electron chi connectivity index (χ1n) is 12.4. The van der Waals surface area contributed by atoms with E-state index in [0.717, 1.165) is 37.0 Å². The van der Waals surface area contributed by atoms with Gasteiger partial charge in [0.15, 0.2) is 0 Å². The Morgan fingerprint density at radius 2 is 1.94 bits per heavy atom. The van der Waals surface area contributed by atoms with Gasteiger partial charge in [-0.1, -0.05) is 12.1 Å². The molecule has 188 valence electrons. The van der Waals surface area contributed by atoms with Crippen molar-refractivity contribution in [2.24, 2.45) is 0 Å². The number of rotatable bonds is 4. The Kier molecular flexibility index (Phi) is 5.81. The maximum absolute atomic E-state index is 16.0. The third-order valence-electron chi connectivity index (χ3n) is 7.09. The van der Waals surface area contributed by atoms with E-state index in [1.807, 2.05) is 37.3 Å². The van der Waals surface area contributed by atoms with Gasteiger partial charge in [0, 0.05) is 12.6 Å². The molecule has 1 aromatic carbocycles. The van der Waals surface area contributed by atoms with Crippen molar-refractivity contribution in [1.29, 1.82) is 0 Å².